The molecule has 76 valence electrons. The van der Waals surface area contributed by atoms with E-state index in [1.165, 1.54) is 7.05 Å². The zero-order valence-corrected chi connectivity index (χ0v) is 8.33. The number of carboxylic acid groups (broad SMARTS) is 1. The minimum absolute atomic E-state index is 0.320. The van der Waals surface area contributed by atoms with Crippen molar-refractivity contribution in [3.05, 3.63) is 0 Å². The monoisotopic (exact) mass is 206 g/mol. The fourth-order valence-corrected chi connectivity index (χ4v) is 1.10. The Bertz CT molecular complexity index is 198. The number of amides is 1. The van der Waals surface area contributed by atoms with Crippen LogP contribution in [0, 0.1) is 0 Å². The minimum Gasteiger partial charge on any atom is -0.480 e. The van der Waals surface area contributed by atoms with Gasteiger partial charge in [0.2, 0.25) is 5.91 Å². The fraction of sp³-hybridized carbons (Fsp3) is 0.714. The summed E-state index contributed by atoms with van der Waals surface area (Å²) in [7, 11) is 1.41. The Morgan fingerprint density at radius 1 is 1.62 bits per heavy atom. The number of thiol groups is 1. The predicted octanol–water partition coefficient (Wildman–Crippen LogP) is -0.823. The van der Waals surface area contributed by atoms with E-state index in [1.54, 1.807) is 0 Å². The number of aliphatic carboxylic acids is 1. The van der Waals surface area contributed by atoms with Gasteiger partial charge in [-0.1, -0.05) is 0 Å². The van der Waals surface area contributed by atoms with Gasteiger partial charge in [0.25, 0.3) is 0 Å². The third-order valence-corrected chi connectivity index (χ3v) is 1.76. The van der Waals surface area contributed by atoms with E-state index in [9.17, 15) is 9.59 Å². The molecule has 0 saturated heterocycles. The lowest BCUT2D eigenvalue weighted by Crippen LogP contribution is -2.43. The molecule has 0 radical (unpaired) electrons. The summed E-state index contributed by atoms with van der Waals surface area (Å²) in [4.78, 5) is 22.6. The fourth-order valence-electron chi connectivity index (χ4n) is 0.826. The van der Waals surface area contributed by atoms with Gasteiger partial charge in [0.05, 0.1) is 6.04 Å². The molecule has 0 aromatic heterocycles. The number of hydrogen-bond acceptors (Lipinski definition) is 4. The lowest BCUT2D eigenvalue weighted by atomic mass is 10.2. The number of rotatable bonds is 5. The Kier molecular flexibility index (Phi) is 5.48. The summed E-state index contributed by atoms with van der Waals surface area (Å²) in [5.41, 5.74) is 5.47. The number of carbonyl (C=O) groups is 2. The van der Waals surface area contributed by atoms with E-state index < -0.39 is 12.0 Å². The van der Waals surface area contributed by atoms with Crippen molar-refractivity contribution in [3.63, 3.8) is 0 Å². The van der Waals surface area contributed by atoms with Crippen molar-refractivity contribution in [2.75, 3.05) is 19.3 Å². The van der Waals surface area contributed by atoms with Gasteiger partial charge in [-0.15, -0.1) is 0 Å². The molecule has 0 spiro atoms. The van der Waals surface area contributed by atoms with E-state index in [0.717, 1.165) is 4.90 Å². The molecule has 0 saturated carbocycles. The first kappa shape index (κ1) is 12.2. The molecule has 0 aromatic rings. The van der Waals surface area contributed by atoms with Gasteiger partial charge in [0.15, 0.2) is 0 Å². The Hall–Kier alpha value is -0.750. The Balaban J connectivity index is 4.01. The lowest BCUT2D eigenvalue weighted by molar-refractivity contribution is -0.143. The topological polar surface area (TPSA) is 83.6 Å². The van der Waals surface area contributed by atoms with E-state index >= 15 is 0 Å². The van der Waals surface area contributed by atoms with Gasteiger partial charge in [0, 0.05) is 7.05 Å². The van der Waals surface area contributed by atoms with E-state index in [1.807, 2.05) is 0 Å². The van der Waals surface area contributed by atoms with Crippen LogP contribution in [0.1, 0.15) is 6.42 Å². The van der Waals surface area contributed by atoms with Crippen molar-refractivity contribution in [2.45, 2.75) is 12.5 Å². The lowest BCUT2D eigenvalue weighted by Gasteiger charge is -2.18. The SMILES string of the molecule is CN(CC(=O)O)C(=O)[C@@H](N)CCS. The summed E-state index contributed by atoms with van der Waals surface area (Å²) in [6, 6.07) is -0.651. The van der Waals surface area contributed by atoms with Crippen LogP contribution in [0.3, 0.4) is 0 Å². The second-order valence-electron chi connectivity index (χ2n) is 2.71. The number of carboxylic acids is 1. The van der Waals surface area contributed by atoms with Crippen LogP contribution < -0.4 is 5.73 Å². The van der Waals surface area contributed by atoms with Crippen LogP contribution >= 0.6 is 12.6 Å². The van der Waals surface area contributed by atoms with Crippen molar-refractivity contribution in [1.82, 2.24) is 4.90 Å². The zero-order chi connectivity index (χ0) is 10.4. The Labute approximate surface area is 82.3 Å². The molecule has 3 N–H and O–H groups in total. The maximum Gasteiger partial charge on any atom is 0.323 e. The van der Waals surface area contributed by atoms with Crippen LogP contribution in [0.4, 0.5) is 0 Å². The second kappa shape index (κ2) is 5.82. The smallest absolute Gasteiger partial charge is 0.323 e. The average molecular weight is 206 g/mol. The molecule has 1 amide bonds. The Morgan fingerprint density at radius 2 is 2.15 bits per heavy atom. The third-order valence-electron chi connectivity index (χ3n) is 1.51. The van der Waals surface area contributed by atoms with Gasteiger partial charge in [-0.2, -0.15) is 12.6 Å². The van der Waals surface area contributed by atoms with Gasteiger partial charge in [-0.05, 0) is 12.2 Å². The van der Waals surface area contributed by atoms with Gasteiger partial charge in [-0.3, -0.25) is 9.59 Å². The molecule has 0 aliphatic carbocycles. The normalized spacial score (nSPS) is 12.2. The average Bonchev–Trinajstić information content (AvgIpc) is 2.02. The summed E-state index contributed by atoms with van der Waals surface area (Å²) < 4.78 is 0. The summed E-state index contributed by atoms with van der Waals surface area (Å²) in [6.07, 6.45) is 0.450. The molecule has 0 bridgehead atoms. The molecule has 0 rings (SSSR count). The highest BCUT2D eigenvalue weighted by atomic mass is 32.1. The van der Waals surface area contributed by atoms with E-state index in [-0.39, 0.29) is 12.5 Å². The molecule has 0 unspecified atom stereocenters. The van der Waals surface area contributed by atoms with Crippen molar-refractivity contribution in [2.24, 2.45) is 5.73 Å². The molecule has 0 aliphatic rings. The van der Waals surface area contributed by atoms with Crippen LogP contribution in [0.2, 0.25) is 0 Å². The maximum absolute atomic E-state index is 11.3. The highest BCUT2D eigenvalue weighted by Gasteiger charge is 2.18. The summed E-state index contributed by atoms with van der Waals surface area (Å²) in [5, 5.41) is 8.39. The van der Waals surface area contributed by atoms with Crippen LogP contribution in [-0.2, 0) is 9.59 Å². The van der Waals surface area contributed by atoms with Crippen LogP contribution in [-0.4, -0.2) is 47.3 Å². The van der Waals surface area contributed by atoms with Crippen LogP contribution in [0.15, 0.2) is 0 Å². The van der Waals surface area contributed by atoms with Crippen LogP contribution in [0.25, 0.3) is 0 Å². The first-order valence-electron chi connectivity index (χ1n) is 3.82. The molecule has 0 heterocycles. The van der Waals surface area contributed by atoms with Crippen molar-refractivity contribution in [3.8, 4) is 0 Å². The van der Waals surface area contributed by atoms with E-state index in [4.69, 9.17) is 10.8 Å². The number of nitrogens with zero attached hydrogens (tertiary/aromatic N) is 1. The maximum atomic E-state index is 11.3. The molecule has 6 heteroatoms. The molecule has 0 fully saturated rings. The predicted molar refractivity (Wildman–Crippen MR) is 51.7 cm³/mol. The van der Waals surface area contributed by atoms with Gasteiger partial charge >= 0.3 is 5.97 Å². The first-order chi connectivity index (χ1) is 5.99. The van der Waals surface area contributed by atoms with Crippen LogP contribution in [0.5, 0.6) is 0 Å². The molecule has 0 aliphatic heterocycles. The van der Waals surface area contributed by atoms with Gasteiger partial charge in [-0.25, -0.2) is 0 Å². The van der Waals surface area contributed by atoms with Gasteiger partial charge < -0.3 is 15.7 Å². The van der Waals surface area contributed by atoms with Gasteiger partial charge in [0.1, 0.15) is 6.54 Å². The molecule has 0 aromatic carbocycles. The van der Waals surface area contributed by atoms with E-state index in [0.29, 0.717) is 12.2 Å². The summed E-state index contributed by atoms with van der Waals surface area (Å²) in [6.45, 7) is -0.320. The molecular formula is C7H14N2O3S. The van der Waals surface area contributed by atoms with Crippen molar-refractivity contribution >= 4 is 24.5 Å². The molecular weight excluding hydrogens is 192 g/mol. The standard InChI is InChI=1S/C7H14N2O3S/c1-9(4-6(10)11)7(12)5(8)2-3-13/h5,13H,2-4,8H2,1H3,(H,10,11)/t5-/m0/s1. The second-order valence-corrected chi connectivity index (χ2v) is 3.15. The molecule has 5 nitrogen and oxygen atoms in total. The summed E-state index contributed by atoms with van der Waals surface area (Å²) >= 11 is 3.93. The molecule has 13 heavy (non-hydrogen) atoms. The number of likely N-dealkylation sites (N-methyl/N-ethyl adjacent to an activating group) is 1. The number of carbonyl (C=O) groups excluding carboxylic acids is 1. The summed E-state index contributed by atoms with van der Waals surface area (Å²) in [5.74, 6) is -0.904. The first-order valence-corrected chi connectivity index (χ1v) is 4.45. The van der Waals surface area contributed by atoms with E-state index in [2.05, 4.69) is 12.6 Å². The highest BCUT2D eigenvalue weighted by molar-refractivity contribution is 7.80. The zero-order valence-electron chi connectivity index (χ0n) is 7.43. The number of hydrogen-bond donors (Lipinski definition) is 3. The highest BCUT2D eigenvalue weighted by Crippen LogP contribution is 1.96. The number of nitrogens with two attached hydrogens (primary N) is 1. The van der Waals surface area contributed by atoms with Crippen molar-refractivity contribution < 1.29 is 14.7 Å². The molecule has 1 atom stereocenters. The third kappa shape index (κ3) is 4.74. The largest absolute Gasteiger partial charge is 0.480 e. The Morgan fingerprint density at radius 3 is 2.54 bits per heavy atom. The quantitative estimate of drug-likeness (QED) is 0.513. The minimum atomic E-state index is -1.05. The van der Waals surface area contributed by atoms with Crippen molar-refractivity contribution in [1.29, 1.82) is 0 Å².